The number of rotatable bonds is 9. The van der Waals surface area contributed by atoms with E-state index in [0.717, 1.165) is 0 Å². The molecular formula is C23H25ClN4O4S. The molecule has 8 nitrogen and oxygen atoms in total. The lowest BCUT2D eigenvalue weighted by molar-refractivity contribution is 0.102. The van der Waals surface area contributed by atoms with Gasteiger partial charge in [0.15, 0.2) is 0 Å². The molecule has 0 spiro atoms. The molecule has 33 heavy (non-hydrogen) atoms. The Hall–Kier alpha value is -3.30. The summed E-state index contributed by atoms with van der Waals surface area (Å²) in [6.07, 6.45) is 1.48. The van der Waals surface area contributed by atoms with Gasteiger partial charge in [0.2, 0.25) is 0 Å². The van der Waals surface area contributed by atoms with Crippen molar-refractivity contribution in [3.63, 3.8) is 0 Å². The number of carbonyl (C=O) groups is 1. The molecule has 174 valence electrons. The van der Waals surface area contributed by atoms with Gasteiger partial charge in [-0.15, -0.1) is 0 Å². The van der Waals surface area contributed by atoms with Crippen LogP contribution in [0.5, 0.6) is 5.75 Å². The predicted molar refractivity (Wildman–Crippen MR) is 131 cm³/mol. The van der Waals surface area contributed by atoms with Crippen molar-refractivity contribution >= 4 is 44.6 Å². The normalized spacial score (nSPS) is 11.0. The van der Waals surface area contributed by atoms with Crippen LogP contribution in [0.15, 0.2) is 65.7 Å². The molecule has 0 radical (unpaired) electrons. The van der Waals surface area contributed by atoms with E-state index in [1.807, 2.05) is 18.7 Å². The van der Waals surface area contributed by atoms with E-state index in [1.54, 1.807) is 42.5 Å². The van der Waals surface area contributed by atoms with E-state index in [-0.39, 0.29) is 15.6 Å². The maximum Gasteiger partial charge on any atom is 0.264 e. The second kappa shape index (κ2) is 10.5. The van der Waals surface area contributed by atoms with Gasteiger partial charge < -0.3 is 15.0 Å². The molecule has 3 aromatic rings. The van der Waals surface area contributed by atoms with Gasteiger partial charge in [-0.1, -0.05) is 11.6 Å². The fourth-order valence-corrected chi connectivity index (χ4v) is 4.77. The molecule has 3 rings (SSSR count). The molecule has 0 fully saturated rings. The third-order valence-corrected chi connectivity index (χ3v) is 6.67. The molecule has 0 aliphatic rings. The van der Waals surface area contributed by atoms with Crippen molar-refractivity contribution in [1.82, 2.24) is 4.98 Å². The van der Waals surface area contributed by atoms with E-state index in [1.165, 1.54) is 25.4 Å². The number of nitrogens with one attached hydrogen (secondary N) is 2. The molecule has 0 saturated carbocycles. The zero-order valence-corrected chi connectivity index (χ0v) is 20.1. The monoisotopic (exact) mass is 488 g/mol. The summed E-state index contributed by atoms with van der Waals surface area (Å²) in [5.74, 6) is 0.121. The number of hydrogen-bond donors (Lipinski definition) is 2. The third kappa shape index (κ3) is 5.74. The van der Waals surface area contributed by atoms with E-state index in [4.69, 9.17) is 16.3 Å². The van der Waals surface area contributed by atoms with Gasteiger partial charge in [-0.2, -0.15) is 0 Å². The molecular weight excluding hydrogens is 464 g/mol. The van der Waals surface area contributed by atoms with E-state index < -0.39 is 15.9 Å². The second-order valence-corrected chi connectivity index (χ2v) is 8.99. The van der Waals surface area contributed by atoms with Crippen molar-refractivity contribution in [2.24, 2.45) is 0 Å². The van der Waals surface area contributed by atoms with Gasteiger partial charge >= 0.3 is 0 Å². The van der Waals surface area contributed by atoms with Crippen LogP contribution in [0.3, 0.4) is 0 Å². The zero-order valence-electron chi connectivity index (χ0n) is 18.5. The van der Waals surface area contributed by atoms with Gasteiger partial charge in [0.1, 0.15) is 15.8 Å². The average Bonchev–Trinajstić information content (AvgIpc) is 2.81. The van der Waals surface area contributed by atoms with Crippen molar-refractivity contribution in [2.75, 3.05) is 35.1 Å². The highest BCUT2D eigenvalue weighted by atomic mass is 35.5. The number of aromatic nitrogens is 1. The van der Waals surface area contributed by atoms with Crippen molar-refractivity contribution in [2.45, 2.75) is 18.7 Å². The Kier molecular flexibility index (Phi) is 7.78. The summed E-state index contributed by atoms with van der Waals surface area (Å²) < 4.78 is 34.4. The number of anilines is 3. The molecule has 1 aromatic heterocycles. The summed E-state index contributed by atoms with van der Waals surface area (Å²) in [5.41, 5.74) is 1.41. The maximum atomic E-state index is 13.4. The first-order chi connectivity index (χ1) is 15.8. The van der Waals surface area contributed by atoms with Crippen LogP contribution in [0.25, 0.3) is 0 Å². The number of nitrogens with zero attached hydrogens (tertiary/aromatic N) is 2. The molecule has 2 aromatic carbocycles. The molecule has 2 N–H and O–H groups in total. The van der Waals surface area contributed by atoms with Crippen LogP contribution >= 0.6 is 11.6 Å². The van der Waals surface area contributed by atoms with E-state index in [0.29, 0.717) is 35.9 Å². The maximum absolute atomic E-state index is 13.4. The van der Waals surface area contributed by atoms with Gasteiger partial charge in [-0.3, -0.25) is 9.52 Å². The summed E-state index contributed by atoms with van der Waals surface area (Å²) >= 11 is 6.01. The summed E-state index contributed by atoms with van der Waals surface area (Å²) in [6.45, 7) is 5.10. The van der Waals surface area contributed by atoms with Gasteiger partial charge in [0.05, 0.1) is 18.4 Å². The fourth-order valence-electron chi connectivity index (χ4n) is 3.26. The number of methoxy groups -OCH3 is 1. The second-order valence-electron chi connectivity index (χ2n) is 6.98. The summed E-state index contributed by atoms with van der Waals surface area (Å²) in [5, 5.41) is 2.76. The van der Waals surface area contributed by atoms with Crippen molar-refractivity contribution in [1.29, 1.82) is 0 Å². The average molecular weight is 489 g/mol. The predicted octanol–water partition coefficient (Wildman–Crippen LogP) is 4.64. The molecule has 0 bridgehead atoms. The van der Waals surface area contributed by atoms with Crippen LogP contribution in [-0.4, -0.2) is 39.5 Å². The Morgan fingerprint density at radius 2 is 1.73 bits per heavy atom. The lowest BCUT2D eigenvalue weighted by Gasteiger charge is -2.25. The van der Waals surface area contributed by atoms with Crippen LogP contribution in [0.4, 0.5) is 17.1 Å². The minimum Gasteiger partial charge on any atom is -0.497 e. The largest absolute Gasteiger partial charge is 0.497 e. The molecule has 0 aliphatic carbocycles. The highest BCUT2D eigenvalue weighted by molar-refractivity contribution is 7.92. The first kappa shape index (κ1) is 24.3. The molecule has 0 atom stereocenters. The lowest BCUT2D eigenvalue weighted by Crippen LogP contribution is -2.26. The Bertz CT molecular complexity index is 1230. The summed E-state index contributed by atoms with van der Waals surface area (Å²) in [6, 6.07) is 14.5. The fraction of sp³-hybridized carbons (Fsp3) is 0.217. The van der Waals surface area contributed by atoms with Gasteiger partial charge in [0.25, 0.3) is 15.9 Å². The Labute approximate surface area is 198 Å². The van der Waals surface area contributed by atoms with Crippen LogP contribution in [0.1, 0.15) is 24.2 Å². The van der Waals surface area contributed by atoms with Gasteiger partial charge in [-0.25, -0.2) is 13.4 Å². The molecule has 1 amide bonds. The Balaban J connectivity index is 1.99. The van der Waals surface area contributed by atoms with Crippen molar-refractivity contribution in [3.8, 4) is 5.75 Å². The Morgan fingerprint density at radius 3 is 2.33 bits per heavy atom. The number of amides is 1. The van der Waals surface area contributed by atoms with Crippen molar-refractivity contribution < 1.29 is 17.9 Å². The summed E-state index contributed by atoms with van der Waals surface area (Å²) in [7, 11) is -2.45. The van der Waals surface area contributed by atoms with Crippen LogP contribution in [0, 0.1) is 0 Å². The number of sulfonamides is 1. The standard InChI is InChI=1S/C23H25ClN4O4S/c1-4-28(5-2)20-13-10-17(26-23(29)19-7-6-14-25-22(19)24)15-21(20)33(30,31)27-16-8-11-18(32-3)12-9-16/h6-15,27H,4-5H2,1-3H3,(H,26,29). The number of carbonyl (C=O) groups excluding carboxylic acids is 1. The van der Waals surface area contributed by atoms with Crippen LogP contribution < -0.4 is 19.7 Å². The topological polar surface area (TPSA) is 101 Å². The highest BCUT2D eigenvalue weighted by Crippen LogP contribution is 2.31. The third-order valence-electron chi connectivity index (χ3n) is 4.96. The van der Waals surface area contributed by atoms with E-state index in [9.17, 15) is 13.2 Å². The first-order valence-corrected chi connectivity index (χ1v) is 12.1. The molecule has 0 aliphatic heterocycles. The zero-order chi connectivity index (χ0) is 24.0. The molecule has 0 unspecified atom stereocenters. The SMILES string of the molecule is CCN(CC)c1ccc(NC(=O)c2cccnc2Cl)cc1S(=O)(=O)Nc1ccc(OC)cc1. The first-order valence-electron chi connectivity index (χ1n) is 10.3. The van der Waals surface area contributed by atoms with Crippen LogP contribution in [0.2, 0.25) is 5.15 Å². The van der Waals surface area contributed by atoms with Gasteiger partial charge in [0, 0.05) is 30.7 Å². The van der Waals surface area contributed by atoms with Gasteiger partial charge in [-0.05, 0) is 68.4 Å². The number of pyridine rings is 1. The minimum atomic E-state index is -3.98. The van der Waals surface area contributed by atoms with E-state index in [2.05, 4.69) is 15.0 Å². The molecule has 0 saturated heterocycles. The minimum absolute atomic E-state index is 0.0390. The molecule has 10 heteroatoms. The molecule has 1 heterocycles. The smallest absolute Gasteiger partial charge is 0.264 e. The lowest BCUT2D eigenvalue weighted by atomic mass is 10.2. The number of benzene rings is 2. The number of halogens is 1. The number of hydrogen-bond acceptors (Lipinski definition) is 6. The number of ether oxygens (including phenoxy) is 1. The quantitative estimate of drug-likeness (QED) is 0.425. The Morgan fingerprint density at radius 1 is 1.06 bits per heavy atom. The van der Waals surface area contributed by atoms with E-state index >= 15 is 0 Å². The van der Waals surface area contributed by atoms with Crippen LogP contribution in [-0.2, 0) is 10.0 Å². The van der Waals surface area contributed by atoms with Crippen molar-refractivity contribution in [3.05, 3.63) is 71.5 Å². The summed E-state index contributed by atoms with van der Waals surface area (Å²) in [4.78, 5) is 18.5. The highest BCUT2D eigenvalue weighted by Gasteiger charge is 2.23.